The van der Waals surface area contributed by atoms with E-state index in [2.05, 4.69) is 61.4 Å². The van der Waals surface area contributed by atoms with Gasteiger partial charge in [-0.15, -0.1) is 0 Å². The molecule has 0 bridgehead atoms. The maximum Gasteiger partial charge on any atom is 0.0204 e. The highest BCUT2D eigenvalue weighted by atomic mass is 15.7. The first-order valence-corrected chi connectivity index (χ1v) is 13.0. The summed E-state index contributed by atoms with van der Waals surface area (Å²) in [6.07, 6.45) is 10.0. The van der Waals surface area contributed by atoms with Crippen LogP contribution in [0.15, 0.2) is 0 Å². The molecule has 0 unspecified atom stereocenters. The Hall–Kier alpha value is -0.160. The summed E-state index contributed by atoms with van der Waals surface area (Å²) in [5.74, 6) is 1.97. The lowest BCUT2D eigenvalue weighted by Gasteiger charge is -2.59. The molecule has 4 fully saturated rings. The van der Waals surface area contributed by atoms with Gasteiger partial charge in [0.1, 0.15) is 0 Å². The van der Waals surface area contributed by atoms with Crippen molar-refractivity contribution in [2.45, 2.75) is 97.6 Å². The van der Waals surface area contributed by atoms with Gasteiger partial charge in [-0.2, -0.15) is 0 Å². The van der Waals surface area contributed by atoms with Crippen LogP contribution in [0, 0.1) is 17.3 Å². The highest BCUT2D eigenvalue weighted by Crippen LogP contribution is 2.43. The molecule has 0 aromatic carbocycles. The smallest absolute Gasteiger partial charge is 0.0204 e. The van der Waals surface area contributed by atoms with Crippen molar-refractivity contribution in [2.24, 2.45) is 17.3 Å². The van der Waals surface area contributed by atoms with Gasteiger partial charge in [-0.1, -0.05) is 0 Å². The van der Waals surface area contributed by atoms with Crippen molar-refractivity contribution in [2.75, 3.05) is 52.4 Å². The third kappa shape index (κ3) is 5.24. The van der Waals surface area contributed by atoms with Gasteiger partial charge in [0, 0.05) is 42.7 Å². The molecule has 0 aromatic heterocycles. The van der Waals surface area contributed by atoms with Gasteiger partial charge in [0.05, 0.1) is 0 Å². The van der Waals surface area contributed by atoms with E-state index in [-0.39, 0.29) is 0 Å². The highest BCUT2D eigenvalue weighted by Gasteiger charge is 2.48. The quantitative estimate of drug-likeness (QED) is 0.658. The van der Waals surface area contributed by atoms with Crippen molar-refractivity contribution in [1.82, 2.24) is 19.8 Å². The largest absolute Gasteiger partial charge is 0.298 e. The second-order valence-corrected chi connectivity index (χ2v) is 13.2. The summed E-state index contributed by atoms with van der Waals surface area (Å²) in [5.41, 5.74) is 1.34. The summed E-state index contributed by atoms with van der Waals surface area (Å²) in [4.78, 5) is 5.39. The fraction of sp³-hybridized carbons (Fsp3) is 1.00. The summed E-state index contributed by atoms with van der Waals surface area (Å²) in [7, 11) is 0. The van der Waals surface area contributed by atoms with Crippen LogP contribution in [0.3, 0.4) is 0 Å². The molecule has 4 saturated heterocycles. The third-order valence-corrected chi connectivity index (χ3v) is 9.03. The minimum atomic E-state index is 0.344. The van der Waals surface area contributed by atoms with Gasteiger partial charge in [0.2, 0.25) is 0 Å². The standard InChI is InChI=1S/C26H50N4/c1-24(2,3)27-13-7-22(8-14-27)19-23-9-15-29(16-10-23)30-20-26(21-30)11-17-28(18-12-26)25(4,5)6/h22-23H,7-21H2,1-6H3. The van der Waals surface area contributed by atoms with Crippen LogP contribution in [-0.4, -0.2) is 83.3 Å². The van der Waals surface area contributed by atoms with Crippen LogP contribution in [0.2, 0.25) is 0 Å². The molecule has 4 nitrogen and oxygen atoms in total. The normalized spacial score (nSPS) is 29.4. The Morgan fingerprint density at radius 3 is 1.50 bits per heavy atom. The van der Waals surface area contributed by atoms with Crippen molar-refractivity contribution in [3.05, 3.63) is 0 Å². The Morgan fingerprint density at radius 1 is 0.600 bits per heavy atom. The van der Waals surface area contributed by atoms with Gasteiger partial charge >= 0.3 is 0 Å². The van der Waals surface area contributed by atoms with E-state index in [1.165, 1.54) is 97.3 Å². The molecule has 0 radical (unpaired) electrons. The Kier molecular flexibility index (Phi) is 6.63. The van der Waals surface area contributed by atoms with Gasteiger partial charge < -0.3 is 0 Å². The van der Waals surface area contributed by atoms with Crippen molar-refractivity contribution >= 4 is 0 Å². The van der Waals surface area contributed by atoms with Crippen LogP contribution in [0.25, 0.3) is 0 Å². The molecule has 30 heavy (non-hydrogen) atoms. The van der Waals surface area contributed by atoms with E-state index in [0.717, 1.165) is 11.8 Å². The zero-order valence-electron chi connectivity index (χ0n) is 21.1. The fourth-order valence-corrected chi connectivity index (χ4v) is 6.64. The number of hydrazine groups is 1. The second kappa shape index (κ2) is 8.65. The van der Waals surface area contributed by atoms with Crippen LogP contribution in [-0.2, 0) is 0 Å². The van der Waals surface area contributed by atoms with E-state index >= 15 is 0 Å². The van der Waals surface area contributed by atoms with E-state index in [0.29, 0.717) is 16.5 Å². The molecule has 0 aromatic rings. The summed E-state index contributed by atoms with van der Waals surface area (Å²) < 4.78 is 0. The molecule has 4 heteroatoms. The molecule has 4 heterocycles. The molecule has 0 amide bonds. The minimum Gasteiger partial charge on any atom is -0.298 e. The monoisotopic (exact) mass is 418 g/mol. The van der Waals surface area contributed by atoms with Crippen LogP contribution >= 0.6 is 0 Å². The van der Waals surface area contributed by atoms with Gasteiger partial charge in [0.15, 0.2) is 0 Å². The topological polar surface area (TPSA) is 13.0 Å². The first-order valence-electron chi connectivity index (χ1n) is 13.0. The minimum absolute atomic E-state index is 0.344. The Labute approximate surface area is 187 Å². The molecule has 174 valence electrons. The van der Waals surface area contributed by atoms with Crippen LogP contribution in [0.4, 0.5) is 0 Å². The average Bonchev–Trinajstić information content (AvgIpc) is 2.66. The maximum absolute atomic E-state index is 2.72. The molecule has 4 aliphatic heterocycles. The third-order valence-electron chi connectivity index (χ3n) is 9.03. The Morgan fingerprint density at radius 2 is 1.03 bits per heavy atom. The van der Waals surface area contributed by atoms with Crippen molar-refractivity contribution in [3.63, 3.8) is 0 Å². The number of hydrogen-bond acceptors (Lipinski definition) is 4. The van der Waals surface area contributed by atoms with Gasteiger partial charge in [-0.05, 0) is 125 Å². The van der Waals surface area contributed by atoms with Crippen LogP contribution < -0.4 is 0 Å². The molecule has 0 atom stereocenters. The zero-order chi connectivity index (χ0) is 21.6. The molecule has 4 rings (SSSR count). The summed E-state index contributed by atoms with van der Waals surface area (Å²) in [6.45, 7) is 24.8. The summed E-state index contributed by atoms with van der Waals surface area (Å²) in [6, 6.07) is 0. The summed E-state index contributed by atoms with van der Waals surface area (Å²) in [5, 5.41) is 5.44. The number of hydrogen-bond donors (Lipinski definition) is 0. The Bertz CT molecular complexity index is 543. The highest BCUT2D eigenvalue weighted by molar-refractivity contribution is 4.99. The number of rotatable bonds is 3. The van der Waals surface area contributed by atoms with Crippen LogP contribution in [0.5, 0.6) is 0 Å². The predicted octanol–water partition coefficient (Wildman–Crippen LogP) is 4.71. The van der Waals surface area contributed by atoms with Gasteiger partial charge in [0.25, 0.3) is 0 Å². The zero-order valence-corrected chi connectivity index (χ0v) is 21.1. The first-order chi connectivity index (χ1) is 14.0. The number of piperidine rings is 3. The molecule has 0 aliphatic carbocycles. The molecular weight excluding hydrogens is 368 g/mol. The molecule has 0 saturated carbocycles. The van der Waals surface area contributed by atoms with Gasteiger partial charge in [-0.3, -0.25) is 9.80 Å². The molecule has 1 spiro atoms. The van der Waals surface area contributed by atoms with Gasteiger partial charge in [-0.25, -0.2) is 10.0 Å². The van der Waals surface area contributed by atoms with Crippen LogP contribution in [0.1, 0.15) is 86.5 Å². The number of nitrogens with zero attached hydrogens (tertiary/aromatic N) is 4. The second-order valence-electron chi connectivity index (χ2n) is 13.2. The van der Waals surface area contributed by atoms with Crippen molar-refractivity contribution in [3.8, 4) is 0 Å². The lowest BCUT2D eigenvalue weighted by atomic mass is 9.72. The maximum atomic E-state index is 2.72. The van der Waals surface area contributed by atoms with E-state index in [9.17, 15) is 0 Å². The predicted molar refractivity (Wildman–Crippen MR) is 128 cm³/mol. The van der Waals surface area contributed by atoms with E-state index in [4.69, 9.17) is 0 Å². The van der Waals surface area contributed by atoms with E-state index < -0.39 is 0 Å². The lowest BCUT2D eigenvalue weighted by molar-refractivity contribution is -0.180. The number of likely N-dealkylation sites (tertiary alicyclic amines) is 2. The van der Waals surface area contributed by atoms with Crippen molar-refractivity contribution < 1.29 is 0 Å². The van der Waals surface area contributed by atoms with E-state index in [1.54, 1.807) is 0 Å². The molecule has 4 aliphatic rings. The molecule has 0 N–H and O–H groups in total. The fourth-order valence-electron chi connectivity index (χ4n) is 6.64. The Balaban J connectivity index is 1.14. The SMILES string of the molecule is CC(C)(C)N1CCC(CC2CCN(N3CC4(CCN(C(C)(C)C)CC4)C3)CC2)CC1. The molecular formula is C26H50N4. The lowest BCUT2D eigenvalue weighted by Crippen LogP contribution is -2.66. The van der Waals surface area contributed by atoms with Crippen molar-refractivity contribution in [1.29, 1.82) is 0 Å². The average molecular weight is 419 g/mol. The first kappa shape index (κ1) is 23.0. The summed E-state index contributed by atoms with van der Waals surface area (Å²) >= 11 is 0. The van der Waals surface area contributed by atoms with E-state index in [1.807, 2.05) is 0 Å².